The van der Waals surface area contributed by atoms with Crippen molar-refractivity contribution in [1.82, 2.24) is 4.98 Å². The number of carbonyl (C=O) groups is 1. The number of benzene rings is 2. The number of pyridine rings is 1. The van der Waals surface area contributed by atoms with Crippen LogP contribution in [0.2, 0.25) is 0 Å². The van der Waals surface area contributed by atoms with Gasteiger partial charge in [-0.2, -0.15) is 0 Å². The summed E-state index contributed by atoms with van der Waals surface area (Å²) in [6.07, 6.45) is 3.89. The fraction of sp³-hybridized carbons (Fsp3) is 0.182. The Bertz CT molecular complexity index is 977. The molecule has 1 heterocycles. The molecule has 4 rings (SSSR count). The average Bonchev–Trinajstić information content (AvgIpc) is 3.49. The summed E-state index contributed by atoms with van der Waals surface area (Å²) < 4.78 is 37.9. The Morgan fingerprint density at radius 2 is 1.71 bits per heavy atom. The Balaban J connectivity index is 1.31. The zero-order valence-electron chi connectivity index (χ0n) is 14.8. The first-order valence-electron chi connectivity index (χ1n) is 8.88. The van der Waals surface area contributed by atoms with Crippen LogP contribution in [0.3, 0.4) is 0 Å². The molecule has 0 aliphatic heterocycles. The van der Waals surface area contributed by atoms with Gasteiger partial charge in [0.05, 0.1) is 5.92 Å². The first kappa shape index (κ1) is 18.1. The van der Waals surface area contributed by atoms with Crippen LogP contribution >= 0.6 is 0 Å². The number of aromatic nitrogens is 1. The summed E-state index contributed by atoms with van der Waals surface area (Å²) in [5.41, 5.74) is 1.35. The molecule has 2 atom stereocenters. The maximum absolute atomic E-state index is 13.8. The fourth-order valence-corrected chi connectivity index (χ4v) is 3.04. The van der Waals surface area contributed by atoms with Crippen LogP contribution in [0, 0.1) is 17.6 Å². The van der Waals surface area contributed by atoms with E-state index in [1.807, 2.05) is 12.1 Å². The smallest absolute Gasteiger partial charge is 0.314 e. The highest BCUT2D eigenvalue weighted by atomic mass is 19.1. The highest BCUT2D eigenvalue weighted by Gasteiger charge is 2.46. The normalized spacial score (nSPS) is 17.8. The van der Waals surface area contributed by atoms with Crippen molar-refractivity contribution in [3.63, 3.8) is 0 Å². The summed E-state index contributed by atoms with van der Waals surface area (Å²) in [6, 6.07) is 13.9. The third-order valence-corrected chi connectivity index (χ3v) is 4.65. The molecule has 1 saturated carbocycles. The van der Waals surface area contributed by atoms with E-state index in [0.29, 0.717) is 30.1 Å². The van der Waals surface area contributed by atoms with Crippen LogP contribution < -0.4 is 9.47 Å². The van der Waals surface area contributed by atoms with E-state index in [-0.39, 0.29) is 5.92 Å². The Morgan fingerprint density at radius 1 is 1.00 bits per heavy atom. The lowest BCUT2D eigenvalue weighted by Crippen LogP contribution is -2.11. The third kappa shape index (κ3) is 4.17. The standard InChI is InChI=1S/C22H17F2NO3/c23-15-1-6-18(21(24)11-15)19-12-20(19)22(26)28-17-4-2-16(3-5-17)27-13-14-7-9-25-10-8-14/h1-11,19-20H,12-13H2. The van der Waals surface area contributed by atoms with Crippen LogP contribution in [0.15, 0.2) is 67.0 Å². The first-order valence-corrected chi connectivity index (χ1v) is 8.88. The second-order valence-corrected chi connectivity index (χ2v) is 6.65. The van der Waals surface area contributed by atoms with Gasteiger partial charge in [-0.25, -0.2) is 8.78 Å². The van der Waals surface area contributed by atoms with Gasteiger partial charge in [-0.15, -0.1) is 0 Å². The molecule has 0 bridgehead atoms. The van der Waals surface area contributed by atoms with E-state index in [1.165, 1.54) is 12.1 Å². The van der Waals surface area contributed by atoms with E-state index in [1.54, 1.807) is 36.7 Å². The molecule has 1 fully saturated rings. The third-order valence-electron chi connectivity index (χ3n) is 4.65. The van der Waals surface area contributed by atoms with Gasteiger partial charge in [-0.1, -0.05) is 6.07 Å². The van der Waals surface area contributed by atoms with Gasteiger partial charge in [0.25, 0.3) is 0 Å². The molecule has 0 saturated heterocycles. The summed E-state index contributed by atoms with van der Waals surface area (Å²) in [5.74, 6) is -1.32. The minimum absolute atomic E-state index is 0.268. The number of hydrogen-bond acceptors (Lipinski definition) is 4. The average molecular weight is 381 g/mol. The number of esters is 1. The molecule has 142 valence electrons. The lowest BCUT2D eigenvalue weighted by Gasteiger charge is -2.08. The topological polar surface area (TPSA) is 48.4 Å². The number of nitrogens with zero attached hydrogens (tertiary/aromatic N) is 1. The fourth-order valence-electron chi connectivity index (χ4n) is 3.04. The quantitative estimate of drug-likeness (QED) is 0.461. The second kappa shape index (κ2) is 7.76. The van der Waals surface area contributed by atoms with Gasteiger partial charge in [0.1, 0.15) is 29.7 Å². The summed E-state index contributed by atoms with van der Waals surface area (Å²) in [4.78, 5) is 16.2. The Morgan fingerprint density at radius 3 is 2.43 bits per heavy atom. The van der Waals surface area contributed by atoms with Gasteiger partial charge >= 0.3 is 5.97 Å². The van der Waals surface area contributed by atoms with Crippen molar-refractivity contribution < 1.29 is 23.0 Å². The van der Waals surface area contributed by atoms with E-state index < -0.39 is 23.5 Å². The Labute approximate surface area is 160 Å². The molecule has 0 radical (unpaired) electrons. The van der Waals surface area contributed by atoms with Crippen LogP contribution in [0.25, 0.3) is 0 Å². The molecule has 6 heteroatoms. The Kier molecular flexibility index (Phi) is 5.02. The van der Waals surface area contributed by atoms with Crippen LogP contribution in [0.1, 0.15) is 23.5 Å². The van der Waals surface area contributed by atoms with Gasteiger partial charge in [-0.3, -0.25) is 9.78 Å². The molecule has 0 amide bonds. The summed E-state index contributed by atoms with van der Waals surface area (Å²) >= 11 is 0. The number of halogens is 2. The lowest BCUT2D eigenvalue weighted by molar-refractivity contribution is -0.135. The maximum atomic E-state index is 13.8. The molecule has 4 nitrogen and oxygen atoms in total. The number of rotatable bonds is 6. The van der Waals surface area contributed by atoms with Crippen molar-refractivity contribution in [3.05, 3.63) is 89.8 Å². The molecule has 1 aliphatic rings. The van der Waals surface area contributed by atoms with Crippen LogP contribution in [-0.2, 0) is 11.4 Å². The predicted molar refractivity (Wildman–Crippen MR) is 97.9 cm³/mol. The van der Waals surface area contributed by atoms with E-state index in [2.05, 4.69) is 4.98 Å². The van der Waals surface area contributed by atoms with Crippen molar-refractivity contribution in [3.8, 4) is 11.5 Å². The summed E-state index contributed by atoms with van der Waals surface area (Å²) in [5, 5.41) is 0. The predicted octanol–water partition coefficient (Wildman–Crippen LogP) is 4.65. The minimum atomic E-state index is -0.632. The van der Waals surface area contributed by atoms with Crippen LogP contribution in [0.4, 0.5) is 8.78 Å². The Hall–Kier alpha value is -3.28. The zero-order chi connectivity index (χ0) is 19.5. The summed E-state index contributed by atoms with van der Waals surface area (Å²) in [6.45, 7) is 0.411. The largest absolute Gasteiger partial charge is 0.489 e. The van der Waals surface area contributed by atoms with E-state index in [4.69, 9.17) is 9.47 Å². The lowest BCUT2D eigenvalue weighted by atomic mass is 10.1. The van der Waals surface area contributed by atoms with Crippen molar-refractivity contribution in [1.29, 1.82) is 0 Å². The van der Waals surface area contributed by atoms with E-state index in [0.717, 1.165) is 11.6 Å². The van der Waals surface area contributed by atoms with Gasteiger partial charge in [0.15, 0.2) is 0 Å². The van der Waals surface area contributed by atoms with Crippen LogP contribution in [0.5, 0.6) is 11.5 Å². The molecule has 1 aromatic heterocycles. The molecular weight excluding hydrogens is 364 g/mol. The molecule has 28 heavy (non-hydrogen) atoms. The monoisotopic (exact) mass is 381 g/mol. The molecule has 0 spiro atoms. The zero-order valence-corrected chi connectivity index (χ0v) is 14.8. The van der Waals surface area contributed by atoms with Gasteiger partial charge in [0, 0.05) is 24.4 Å². The molecular formula is C22H17F2NO3. The second-order valence-electron chi connectivity index (χ2n) is 6.65. The van der Waals surface area contributed by atoms with Gasteiger partial charge in [-0.05, 0) is 60.0 Å². The minimum Gasteiger partial charge on any atom is -0.489 e. The van der Waals surface area contributed by atoms with Gasteiger partial charge in [0.2, 0.25) is 0 Å². The summed E-state index contributed by atoms with van der Waals surface area (Å²) in [7, 11) is 0. The van der Waals surface area contributed by atoms with Crippen molar-refractivity contribution in [2.75, 3.05) is 0 Å². The highest BCUT2D eigenvalue weighted by molar-refractivity contribution is 5.79. The molecule has 2 unspecified atom stereocenters. The van der Waals surface area contributed by atoms with Crippen molar-refractivity contribution in [2.24, 2.45) is 5.92 Å². The molecule has 2 aromatic carbocycles. The van der Waals surface area contributed by atoms with Crippen molar-refractivity contribution in [2.45, 2.75) is 18.9 Å². The molecule has 0 N–H and O–H groups in total. The number of carbonyl (C=O) groups excluding carboxylic acids is 1. The number of hydrogen-bond donors (Lipinski definition) is 0. The number of ether oxygens (including phenoxy) is 2. The molecule has 3 aromatic rings. The van der Waals surface area contributed by atoms with E-state index in [9.17, 15) is 13.6 Å². The van der Waals surface area contributed by atoms with E-state index >= 15 is 0 Å². The SMILES string of the molecule is O=C(Oc1ccc(OCc2ccncc2)cc1)C1CC1c1ccc(F)cc1F. The van der Waals surface area contributed by atoms with Crippen LogP contribution in [-0.4, -0.2) is 11.0 Å². The highest BCUT2D eigenvalue weighted by Crippen LogP contribution is 2.49. The van der Waals surface area contributed by atoms with Crippen molar-refractivity contribution >= 4 is 5.97 Å². The molecule has 1 aliphatic carbocycles. The maximum Gasteiger partial charge on any atom is 0.314 e. The first-order chi connectivity index (χ1) is 13.6. The van der Waals surface area contributed by atoms with Gasteiger partial charge < -0.3 is 9.47 Å².